The second-order valence-electron chi connectivity index (χ2n) is 5.96. The molecule has 1 rings (SSSR count). The maximum atomic E-state index is 3.18. The molecular weight excluding hydrogens is 232 g/mol. The Balaban J connectivity index is 2.18. The summed E-state index contributed by atoms with van der Waals surface area (Å²) < 4.78 is 0. The number of aryl methyl sites for hydroxylation is 1. The molecule has 0 aliphatic carbocycles. The summed E-state index contributed by atoms with van der Waals surface area (Å²) in [6.45, 7) is 7.95. The summed E-state index contributed by atoms with van der Waals surface area (Å²) in [4.78, 5) is 2.45. The number of hydrogen-bond acceptors (Lipinski definition) is 2. The largest absolute Gasteiger partial charge is 0.316 e. The molecule has 2 nitrogen and oxygen atoms in total. The van der Waals surface area contributed by atoms with Crippen LogP contribution >= 0.6 is 0 Å². The highest BCUT2D eigenvalue weighted by molar-refractivity contribution is 5.22. The van der Waals surface area contributed by atoms with Gasteiger partial charge in [0.1, 0.15) is 0 Å². The summed E-state index contributed by atoms with van der Waals surface area (Å²) in [5.41, 5.74) is 2.83. The fourth-order valence-corrected chi connectivity index (χ4v) is 2.45. The summed E-state index contributed by atoms with van der Waals surface area (Å²) in [6, 6.07) is 9.00. The zero-order valence-corrected chi connectivity index (χ0v) is 13.1. The molecule has 108 valence electrons. The first-order valence-corrected chi connectivity index (χ1v) is 7.52. The Morgan fingerprint density at radius 2 is 1.68 bits per heavy atom. The molecule has 0 fully saturated rings. The van der Waals surface area contributed by atoms with E-state index in [4.69, 9.17) is 0 Å². The molecule has 0 aliphatic rings. The molecule has 0 aliphatic heterocycles. The first kappa shape index (κ1) is 16.2. The van der Waals surface area contributed by atoms with Gasteiger partial charge < -0.3 is 10.2 Å². The summed E-state index contributed by atoms with van der Waals surface area (Å²) in [6.07, 6.45) is 3.78. The van der Waals surface area contributed by atoms with Crippen LogP contribution in [0.4, 0.5) is 0 Å². The molecule has 0 atom stereocenters. The number of benzene rings is 1. The third-order valence-electron chi connectivity index (χ3n) is 3.34. The number of nitrogens with zero attached hydrogens (tertiary/aromatic N) is 1. The molecule has 2 heteroatoms. The van der Waals surface area contributed by atoms with Crippen molar-refractivity contribution in [3.63, 3.8) is 0 Å². The Labute approximate surface area is 119 Å². The lowest BCUT2D eigenvalue weighted by Gasteiger charge is -2.18. The van der Waals surface area contributed by atoms with E-state index in [-0.39, 0.29) is 0 Å². The average Bonchev–Trinajstić information content (AvgIpc) is 2.36. The Hall–Kier alpha value is -0.860. The number of nitrogens with one attached hydrogen (secondary N) is 1. The lowest BCUT2D eigenvalue weighted by molar-refractivity contribution is 0.290. The highest BCUT2D eigenvalue weighted by Gasteiger charge is 2.01. The van der Waals surface area contributed by atoms with Crippen LogP contribution in [-0.4, -0.2) is 32.1 Å². The van der Waals surface area contributed by atoms with E-state index >= 15 is 0 Å². The van der Waals surface area contributed by atoms with Crippen LogP contribution in [0.1, 0.15) is 37.8 Å². The van der Waals surface area contributed by atoms with Crippen molar-refractivity contribution in [3.05, 3.63) is 35.4 Å². The molecular formula is C17H30N2. The van der Waals surface area contributed by atoms with E-state index in [2.05, 4.69) is 55.4 Å². The fourth-order valence-electron chi connectivity index (χ4n) is 2.45. The van der Waals surface area contributed by atoms with Gasteiger partial charge in [-0.05, 0) is 56.9 Å². The van der Waals surface area contributed by atoms with Crippen molar-refractivity contribution < 1.29 is 0 Å². The highest BCUT2D eigenvalue weighted by atomic mass is 15.1. The number of hydrogen-bond donors (Lipinski definition) is 1. The van der Waals surface area contributed by atoms with Crippen LogP contribution in [0.5, 0.6) is 0 Å². The normalized spacial score (nSPS) is 11.5. The maximum Gasteiger partial charge on any atom is 0.0202 e. The average molecular weight is 262 g/mol. The van der Waals surface area contributed by atoms with E-state index < -0.39 is 0 Å². The SMILES string of the molecule is CNCc1ccc(CCCCN(C)CC(C)C)cc1. The summed E-state index contributed by atoms with van der Waals surface area (Å²) >= 11 is 0. The summed E-state index contributed by atoms with van der Waals surface area (Å²) in [5.74, 6) is 0.768. The van der Waals surface area contributed by atoms with Gasteiger partial charge in [-0.25, -0.2) is 0 Å². The number of unbranched alkanes of at least 4 members (excludes halogenated alkanes) is 1. The first-order valence-electron chi connectivity index (χ1n) is 7.52. The van der Waals surface area contributed by atoms with Crippen molar-refractivity contribution >= 4 is 0 Å². The minimum absolute atomic E-state index is 0.768. The quantitative estimate of drug-likeness (QED) is 0.687. The van der Waals surface area contributed by atoms with Crippen LogP contribution in [0.15, 0.2) is 24.3 Å². The molecule has 0 saturated carbocycles. The Morgan fingerprint density at radius 3 is 2.26 bits per heavy atom. The van der Waals surface area contributed by atoms with Crippen molar-refractivity contribution in [2.75, 3.05) is 27.2 Å². The molecule has 1 aromatic rings. The molecule has 0 amide bonds. The van der Waals surface area contributed by atoms with Gasteiger partial charge in [0.15, 0.2) is 0 Å². The third kappa shape index (κ3) is 7.34. The van der Waals surface area contributed by atoms with Crippen LogP contribution in [0.25, 0.3) is 0 Å². The molecule has 0 radical (unpaired) electrons. The Kier molecular flexibility index (Phi) is 7.76. The van der Waals surface area contributed by atoms with Crippen LogP contribution < -0.4 is 5.32 Å². The van der Waals surface area contributed by atoms with E-state index in [9.17, 15) is 0 Å². The lowest BCUT2D eigenvalue weighted by atomic mass is 10.1. The van der Waals surface area contributed by atoms with Crippen molar-refractivity contribution in [1.29, 1.82) is 0 Å². The van der Waals surface area contributed by atoms with E-state index in [1.165, 1.54) is 43.5 Å². The smallest absolute Gasteiger partial charge is 0.0202 e. The monoisotopic (exact) mass is 262 g/mol. The van der Waals surface area contributed by atoms with Crippen molar-refractivity contribution in [2.24, 2.45) is 5.92 Å². The summed E-state index contributed by atoms with van der Waals surface area (Å²) in [7, 11) is 4.22. The molecule has 0 unspecified atom stereocenters. The van der Waals surface area contributed by atoms with Gasteiger partial charge in [0.05, 0.1) is 0 Å². The lowest BCUT2D eigenvalue weighted by Crippen LogP contribution is -2.24. The molecule has 0 saturated heterocycles. The molecule has 0 aromatic heterocycles. The van der Waals surface area contributed by atoms with Gasteiger partial charge in [0.2, 0.25) is 0 Å². The van der Waals surface area contributed by atoms with Crippen molar-refractivity contribution in [1.82, 2.24) is 10.2 Å². The van der Waals surface area contributed by atoms with E-state index in [0.29, 0.717) is 0 Å². The molecule has 0 bridgehead atoms. The highest BCUT2D eigenvalue weighted by Crippen LogP contribution is 2.08. The van der Waals surface area contributed by atoms with Crippen molar-refractivity contribution in [2.45, 2.75) is 39.7 Å². The van der Waals surface area contributed by atoms with Gasteiger partial charge >= 0.3 is 0 Å². The Bertz CT molecular complexity index is 330. The van der Waals surface area contributed by atoms with E-state index in [0.717, 1.165) is 12.5 Å². The standard InChI is InChI=1S/C17H30N2/c1-15(2)14-19(4)12-6-5-7-16-8-10-17(11-9-16)13-18-3/h8-11,15,18H,5-7,12-14H2,1-4H3. The van der Waals surface area contributed by atoms with Crippen LogP contribution in [0, 0.1) is 5.92 Å². The third-order valence-corrected chi connectivity index (χ3v) is 3.34. The second kappa shape index (κ2) is 9.11. The zero-order valence-electron chi connectivity index (χ0n) is 13.1. The van der Waals surface area contributed by atoms with Gasteiger partial charge in [-0.15, -0.1) is 0 Å². The second-order valence-corrected chi connectivity index (χ2v) is 5.96. The molecule has 1 aromatic carbocycles. The maximum absolute atomic E-state index is 3.18. The summed E-state index contributed by atoms with van der Waals surface area (Å²) in [5, 5.41) is 3.18. The minimum Gasteiger partial charge on any atom is -0.316 e. The van der Waals surface area contributed by atoms with Crippen LogP contribution in [0.2, 0.25) is 0 Å². The van der Waals surface area contributed by atoms with E-state index in [1.54, 1.807) is 0 Å². The van der Waals surface area contributed by atoms with Crippen LogP contribution in [-0.2, 0) is 13.0 Å². The van der Waals surface area contributed by atoms with Crippen LogP contribution in [0.3, 0.4) is 0 Å². The predicted molar refractivity (Wildman–Crippen MR) is 84.5 cm³/mol. The van der Waals surface area contributed by atoms with Gasteiger partial charge in [0.25, 0.3) is 0 Å². The molecule has 19 heavy (non-hydrogen) atoms. The minimum atomic E-state index is 0.768. The first-order chi connectivity index (χ1) is 9.11. The zero-order chi connectivity index (χ0) is 14.1. The topological polar surface area (TPSA) is 15.3 Å². The van der Waals surface area contributed by atoms with Gasteiger partial charge in [-0.2, -0.15) is 0 Å². The van der Waals surface area contributed by atoms with Gasteiger partial charge in [0, 0.05) is 13.1 Å². The molecule has 0 spiro atoms. The van der Waals surface area contributed by atoms with E-state index in [1.807, 2.05) is 7.05 Å². The molecule has 0 heterocycles. The van der Waals surface area contributed by atoms with Gasteiger partial charge in [-0.1, -0.05) is 38.1 Å². The Morgan fingerprint density at radius 1 is 1.05 bits per heavy atom. The fraction of sp³-hybridized carbons (Fsp3) is 0.647. The van der Waals surface area contributed by atoms with Crippen molar-refractivity contribution in [3.8, 4) is 0 Å². The predicted octanol–water partition coefficient (Wildman–Crippen LogP) is 3.32. The van der Waals surface area contributed by atoms with Gasteiger partial charge in [-0.3, -0.25) is 0 Å². The number of rotatable bonds is 9. The molecule has 1 N–H and O–H groups in total.